The second-order valence-corrected chi connectivity index (χ2v) is 9.43. The number of methoxy groups -OCH3 is 1. The largest absolute Gasteiger partial charge is 0.468 e. The Balaban J connectivity index is 1.80. The van der Waals surface area contributed by atoms with Gasteiger partial charge in [-0.1, -0.05) is 18.2 Å². The fraction of sp³-hybridized carbons (Fsp3) is 0.450. The average Bonchev–Trinajstić information content (AvgIpc) is 3.01. The molecule has 3 rings (SSSR count). The number of alkyl halides is 1. The van der Waals surface area contributed by atoms with E-state index in [1.165, 1.54) is 31.3 Å². The first kappa shape index (κ1) is 25.8. The molecule has 186 valence electrons. The number of aliphatic hydroxyl groups is 1. The number of aliphatic hydroxyl groups excluding tert-OH is 1. The topological polar surface area (TPSA) is 164 Å². The van der Waals surface area contributed by atoms with Gasteiger partial charge in [0, 0.05) is 6.20 Å². The number of nitrogens with one attached hydrogen (secondary N) is 1. The molecule has 6 atom stereocenters. The standard InChI is InChI=1S/C20H26FN4O8P/c1-12(17(27)30-3)24-34(29,33-13-7-5-4-6-8-13)31-11-14-16(26)20(2,21)18(32-14)25-10-9-15(22)23-19(25)28/h4-10,12,14,16,18,26H,11H2,1-3H3,(H,24,29)(H2,22,23,28)/t12?,14?,16-,18?,20-,34?/m1/s1. The van der Waals surface area contributed by atoms with Crippen molar-refractivity contribution in [2.45, 2.75) is 44.0 Å². The van der Waals surface area contributed by atoms with Gasteiger partial charge in [-0.05, 0) is 32.0 Å². The smallest absolute Gasteiger partial charge is 0.459 e. The number of nitrogen functional groups attached to an aromatic ring is 1. The number of hydrogen-bond acceptors (Lipinski definition) is 10. The molecule has 1 aromatic carbocycles. The number of carbonyl (C=O) groups excluding carboxylic acids is 1. The lowest BCUT2D eigenvalue weighted by Crippen LogP contribution is -2.43. The van der Waals surface area contributed by atoms with Crippen LogP contribution in [0.15, 0.2) is 47.4 Å². The van der Waals surface area contributed by atoms with Gasteiger partial charge in [-0.25, -0.2) is 13.8 Å². The fourth-order valence-corrected chi connectivity index (χ4v) is 4.81. The van der Waals surface area contributed by atoms with Crippen LogP contribution < -0.4 is 21.0 Å². The number of rotatable bonds is 9. The molecule has 0 amide bonds. The molecule has 0 spiro atoms. The number of para-hydroxylation sites is 1. The highest BCUT2D eigenvalue weighted by Crippen LogP contribution is 2.47. The number of carbonyl (C=O) groups is 1. The van der Waals surface area contributed by atoms with Crippen LogP contribution in [0, 0.1) is 0 Å². The predicted molar refractivity (Wildman–Crippen MR) is 118 cm³/mol. The van der Waals surface area contributed by atoms with Gasteiger partial charge in [-0.3, -0.25) is 13.9 Å². The van der Waals surface area contributed by atoms with E-state index >= 15 is 4.39 Å². The van der Waals surface area contributed by atoms with Crippen molar-refractivity contribution < 1.29 is 37.4 Å². The van der Waals surface area contributed by atoms with Crippen molar-refractivity contribution in [2.75, 3.05) is 19.5 Å². The van der Waals surface area contributed by atoms with Gasteiger partial charge in [0.25, 0.3) is 0 Å². The van der Waals surface area contributed by atoms with Crippen molar-refractivity contribution in [1.29, 1.82) is 0 Å². The van der Waals surface area contributed by atoms with Crippen molar-refractivity contribution in [1.82, 2.24) is 14.6 Å². The quantitative estimate of drug-likeness (QED) is 0.334. The molecule has 4 N–H and O–H groups in total. The van der Waals surface area contributed by atoms with E-state index in [0.717, 1.165) is 18.6 Å². The lowest BCUT2D eigenvalue weighted by Gasteiger charge is -2.25. The molecule has 14 heteroatoms. The highest BCUT2D eigenvalue weighted by atomic mass is 31.2. The van der Waals surface area contributed by atoms with Gasteiger partial charge in [-0.15, -0.1) is 0 Å². The molecule has 1 aliphatic heterocycles. The molecule has 34 heavy (non-hydrogen) atoms. The Morgan fingerprint density at radius 2 is 2.09 bits per heavy atom. The minimum absolute atomic E-state index is 0.0648. The molecule has 0 saturated carbocycles. The molecule has 2 aromatic rings. The van der Waals surface area contributed by atoms with Crippen molar-refractivity contribution >= 4 is 19.5 Å². The van der Waals surface area contributed by atoms with Crippen molar-refractivity contribution in [3.63, 3.8) is 0 Å². The molecule has 4 unspecified atom stereocenters. The van der Waals surface area contributed by atoms with E-state index in [0.29, 0.717) is 0 Å². The van der Waals surface area contributed by atoms with E-state index in [4.69, 9.17) is 19.5 Å². The first-order chi connectivity index (χ1) is 16.0. The third-order valence-electron chi connectivity index (χ3n) is 5.11. The van der Waals surface area contributed by atoms with Crippen molar-refractivity contribution in [3.05, 3.63) is 53.1 Å². The van der Waals surface area contributed by atoms with Crippen molar-refractivity contribution in [2.24, 2.45) is 0 Å². The van der Waals surface area contributed by atoms with E-state index in [9.17, 15) is 19.3 Å². The Kier molecular flexibility index (Phi) is 7.74. The van der Waals surface area contributed by atoms with Gasteiger partial charge in [0.15, 0.2) is 11.9 Å². The number of nitrogens with zero attached hydrogens (tertiary/aromatic N) is 2. The van der Waals surface area contributed by atoms with Crippen LogP contribution in [0.1, 0.15) is 20.1 Å². The number of aromatic nitrogens is 2. The second kappa shape index (κ2) is 10.2. The van der Waals surface area contributed by atoms with Gasteiger partial charge in [0.2, 0.25) is 0 Å². The molecule has 1 aliphatic rings. The van der Waals surface area contributed by atoms with Crippen LogP contribution in [-0.2, 0) is 23.4 Å². The maximum Gasteiger partial charge on any atom is 0.459 e. The molecule has 0 radical (unpaired) electrons. The summed E-state index contributed by atoms with van der Waals surface area (Å²) in [5.41, 5.74) is 2.15. The van der Waals surface area contributed by atoms with Crippen LogP contribution >= 0.6 is 7.75 Å². The maximum absolute atomic E-state index is 15.4. The van der Waals surface area contributed by atoms with Gasteiger partial charge in [-0.2, -0.15) is 10.1 Å². The van der Waals surface area contributed by atoms with Gasteiger partial charge < -0.3 is 24.8 Å². The first-order valence-electron chi connectivity index (χ1n) is 10.2. The number of esters is 1. The van der Waals surface area contributed by atoms with Gasteiger partial charge in [0.05, 0.1) is 13.7 Å². The Hall–Kier alpha value is -2.83. The molecule has 2 heterocycles. The minimum atomic E-state index is -4.25. The molecule has 1 saturated heterocycles. The molecule has 12 nitrogen and oxygen atoms in total. The van der Waals surface area contributed by atoms with Crippen LogP contribution in [0.25, 0.3) is 0 Å². The molecule has 1 aromatic heterocycles. The van der Waals surface area contributed by atoms with Crippen LogP contribution in [0.5, 0.6) is 5.75 Å². The molecule has 0 aliphatic carbocycles. The first-order valence-corrected chi connectivity index (χ1v) is 11.7. The summed E-state index contributed by atoms with van der Waals surface area (Å²) >= 11 is 0. The highest BCUT2D eigenvalue weighted by molar-refractivity contribution is 7.52. The average molecular weight is 500 g/mol. The summed E-state index contributed by atoms with van der Waals surface area (Å²) < 4.78 is 50.7. The summed E-state index contributed by atoms with van der Waals surface area (Å²) in [5.74, 6) is -0.634. The normalized spacial score (nSPS) is 27.0. The number of nitrogens with two attached hydrogens (primary N) is 1. The number of benzene rings is 1. The lowest BCUT2D eigenvalue weighted by molar-refractivity contribution is -0.142. The monoisotopic (exact) mass is 500 g/mol. The summed E-state index contributed by atoms with van der Waals surface area (Å²) in [6, 6.07) is 8.18. The van der Waals surface area contributed by atoms with Gasteiger partial charge >= 0.3 is 19.4 Å². The van der Waals surface area contributed by atoms with Crippen molar-refractivity contribution in [3.8, 4) is 5.75 Å². The third kappa shape index (κ3) is 5.62. The maximum atomic E-state index is 15.4. The van der Waals surface area contributed by atoms with E-state index in [1.54, 1.807) is 18.2 Å². The lowest BCUT2D eigenvalue weighted by atomic mass is 9.98. The number of ether oxygens (including phenoxy) is 2. The summed E-state index contributed by atoms with van der Waals surface area (Å²) in [6.45, 7) is 1.81. The Bertz CT molecular complexity index is 1120. The molecule has 0 bridgehead atoms. The van der Waals surface area contributed by atoms with Crippen LogP contribution in [0.3, 0.4) is 0 Å². The Morgan fingerprint density at radius 3 is 2.71 bits per heavy atom. The van der Waals surface area contributed by atoms with E-state index in [-0.39, 0.29) is 11.6 Å². The number of hydrogen-bond donors (Lipinski definition) is 3. The van der Waals surface area contributed by atoms with E-state index in [1.807, 2.05) is 0 Å². The number of halogens is 1. The summed E-state index contributed by atoms with van der Waals surface area (Å²) in [7, 11) is -3.10. The summed E-state index contributed by atoms with van der Waals surface area (Å²) in [4.78, 5) is 27.5. The molecular weight excluding hydrogens is 474 g/mol. The highest BCUT2D eigenvalue weighted by Gasteiger charge is 2.56. The second-order valence-electron chi connectivity index (χ2n) is 7.74. The fourth-order valence-electron chi connectivity index (χ4n) is 3.30. The van der Waals surface area contributed by atoms with Crippen LogP contribution in [-0.4, -0.2) is 58.3 Å². The Labute approximate surface area is 194 Å². The number of anilines is 1. The third-order valence-corrected chi connectivity index (χ3v) is 6.75. The minimum Gasteiger partial charge on any atom is -0.468 e. The predicted octanol–water partition coefficient (Wildman–Crippen LogP) is 1.17. The zero-order valence-corrected chi connectivity index (χ0v) is 19.6. The molecule has 1 fully saturated rings. The SMILES string of the molecule is COC(=O)C(C)NP(=O)(OCC1OC(n2ccc(N)nc2=O)[C@](C)(F)[C@@H]1O)Oc1ccccc1. The van der Waals surface area contributed by atoms with Crippen LogP contribution in [0.4, 0.5) is 10.2 Å². The zero-order valence-electron chi connectivity index (χ0n) is 18.7. The van der Waals surface area contributed by atoms with Gasteiger partial charge in [0.1, 0.15) is 29.8 Å². The summed E-state index contributed by atoms with van der Waals surface area (Å²) in [6.07, 6.45) is -3.50. The zero-order chi connectivity index (χ0) is 25.1. The molecular formula is C20H26FN4O8P. The Morgan fingerprint density at radius 1 is 1.41 bits per heavy atom. The van der Waals surface area contributed by atoms with E-state index in [2.05, 4.69) is 14.8 Å². The summed E-state index contributed by atoms with van der Waals surface area (Å²) in [5, 5.41) is 13.0. The van der Waals surface area contributed by atoms with E-state index < -0.39 is 56.2 Å². The van der Waals surface area contributed by atoms with Crippen LogP contribution in [0.2, 0.25) is 0 Å².